The number of benzene rings is 1. The average Bonchev–Trinajstić information content (AvgIpc) is 3.24. The molecule has 12 heteroatoms. The van der Waals surface area contributed by atoms with Gasteiger partial charge in [0.25, 0.3) is 12.9 Å². The summed E-state index contributed by atoms with van der Waals surface area (Å²) in [5.74, 6) is 0.909. The molecule has 1 aromatic carbocycles. The Morgan fingerprint density at radius 1 is 1.00 bits per heavy atom. The zero-order valence-electron chi connectivity index (χ0n) is 20.8. The van der Waals surface area contributed by atoms with Crippen molar-refractivity contribution in [2.75, 3.05) is 33.2 Å². The molecule has 3 N–H and O–H groups in total. The number of aromatic nitrogens is 4. The standard InChI is InChI=1S/C22H33N7O.2CH2O2/c1-27-13-8-14-28(16-15-27)20(30)18-29-21(24-25-26-29)22(11-6-3-7-12-22)23-17-19-9-4-2-5-10-19;2*2-1-3/h2,4-5,9-10,23H,3,6-8,11-18H2,1H3;2*1H,(H,2,3). The van der Waals surface area contributed by atoms with Gasteiger partial charge in [0.05, 0.1) is 5.54 Å². The molecule has 2 fully saturated rings. The highest BCUT2D eigenvalue weighted by atomic mass is 16.3. The smallest absolute Gasteiger partial charge is 0.290 e. The van der Waals surface area contributed by atoms with E-state index in [1.807, 2.05) is 11.0 Å². The quantitative estimate of drug-likeness (QED) is 0.490. The Hall–Kier alpha value is -3.38. The van der Waals surface area contributed by atoms with Crippen molar-refractivity contribution in [2.45, 2.75) is 57.2 Å². The molecule has 1 aliphatic carbocycles. The molecule has 198 valence electrons. The molecule has 2 heterocycles. The number of carbonyl (C=O) groups excluding carboxylic acids is 1. The van der Waals surface area contributed by atoms with Gasteiger partial charge in [-0.05, 0) is 48.8 Å². The summed E-state index contributed by atoms with van der Waals surface area (Å²) in [6.07, 6.45) is 6.50. The fourth-order valence-corrected chi connectivity index (χ4v) is 4.68. The van der Waals surface area contributed by atoms with Gasteiger partial charge in [0, 0.05) is 26.2 Å². The van der Waals surface area contributed by atoms with Crippen LogP contribution in [0, 0.1) is 0 Å². The highest BCUT2D eigenvalue weighted by Gasteiger charge is 2.39. The van der Waals surface area contributed by atoms with Crippen LogP contribution >= 0.6 is 0 Å². The van der Waals surface area contributed by atoms with Gasteiger partial charge < -0.3 is 25.3 Å². The number of likely N-dealkylation sites (N-methyl/N-ethyl adjacent to an activating group) is 1. The molecule has 2 aliphatic rings. The molecular weight excluding hydrogens is 466 g/mol. The maximum Gasteiger partial charge on any atom is 0.290 e. The second-order valence-corrected chi connectivity index (χ2v) is 8.89. The van der Waals surface area contributed by atoms with Crippen LogP contribution in [0.2, 0.25) is 0 Å². The Balaban J connectivity index is 0.000000693. The van der Waals surface area contributed by atoms with Crippen molar-refractivity contribution in [3.63, 3.8) is 0 Å². The van der Waals surface area contributed by atoms with Gasteiger partial charge in [0.2, 0.25) is 5.91 Å². The van der Waals surface area contributed by atoms with Crippen LogP contribution in [0.15, 0.2) is 30.3 Å². The lowest BCUT2D eigenvalue weighted by molar-refractivity contribution is -0.132. The van der Waals surface area contributed by atoms with Gasteiger partial charge >= 0.3 is 0 Å². The summed E-state index contributed by atoms with van der Waals surface area (Å²) in [5, 5.41) is 30.2. The summed E-state index contributed by atoms with van der Waals surface area (Å²) in [4.78, 5) is 34.0. The topological polar surface area (TPSA) is 154 Å². The minimum Gasteiger partial charge on any atom is -0.483 e. The van der Waals surface area contributed by atoms with E-state index >= 15 is 0 Å². The van der Waals surface area contributed by atoms with Crippen molar-refractivity contribution in [3.05, 3.63) is 41.7 Å². The Morgan fingerprint density at radius 2 is 1.67 bits per heavy atom. The fourth-order valence-electron chi connectivity index (χ4n) is 4.68. The lowest BCUT2D eigenvalue weighted by Crippen LogP contribution is -2.46. The SMILES string of the molecule is CN1CCCN(C(=O)Cn2nnnc2C2(NCc3ccccc3)CCCCC2)CC1.O=CO.O=CO. The van der Waals surface area contributed by atoms with Gasteiger partial charge in [-0.2, -0.15) is 0 Å². The number of carboxylic acid groups (broad SMARTS) is 2. The van der Waals surface area contributed by atoms with Gasteiger partial charge in [-0.25, -0.2) is 4.68 Å². The predicted molar refractivity (Wildman–Crippen MR) is 132 cm³/mol. The monoisotopic (exact) mass is 503 g/mol. The minimum absolute atomic E-state index is 0.105. The zero-order valence-corrected chi connectivity index (χ0v) is 20.8. The second kappa shape index (κ2) is 15.6. The van der Waals surface area contributed by atoms with E-state index in [0.29, 0.717) is 0 Å². The van der Waals surface area contributed by atoms with E-state index in [1.165, 1.54) is 12.0 Å². The highest BCUT2D eigenvalue weighted by Crippen LogP contribution is 2.36. The lowest BCUT2D eigenvalue weighted by Gasteiger charge is -2.37. The minimum atomic E-state index is -0.281. The van der Waals surface area contributed by atoms with Crippen molar-refractivity contribution < 1.29 is 24.6 Å². The van der Waals surface area contributed by atoms with Crippen molar-refractivity contribution in [1.82, 2.24) is 35.3 Å². The molecule has 4 rings (SSSR count). The van der Waals surface area contributed by atoms with Gasteiger partial charge in [-0.1, -0.05) is 49.6 Å². The number of nitrogens with zero attached hydrogens (tertiary/aromatic N) is 6. The van der Waals surface area contributed by atoms with Crippen LogP contribution in [0.3, 0.4) is 0 Å². The van der Waals surface area contributed by atoms with Gasteiger partial charge in [0.15, 0.2) is 5.82 Å². The molecule has 1 aliphatic heterocycles. The number of carbonyl (C=O) groups is 3. The number of hydrogen-bond donors (Lipinski definition) is 3. The van der Waals surface area contributed by atoms with Crippen molar-refractivity contribution in [2.24, 2.45) is 0 Å². The van der Waals surface area contributed by atoms with Crippen LogP contribution in [0.25, 0.3) is 0 Å². The molecular formula is C24H37N7O5. The second-order valence-electron chi connectivity index (χ2n) is 8.89. The first-order valence-corrected chi connectivity index (χ1v) is 12.2. The Bertz CT molecular complexity index is 913. The molecule has 0 atom stereocenters. The van der Waals surface area contributed by atoms with E-state index < -0.39 is 0 Å². The first-order valence-electron chi connectivity index (χ1n) is 12.2. The van der Waals surface area contributed by atoms with Crippen LogP contribution in [0.1, 0.15) is 49.9 Å². The summed E-state index contributed by atoms with van der Waals surface area (Å²) in [5.41, 5.74) is 0.961. The lowest BCUT2D eigenvalue weighted by atomic mass is 9.80. The molecule has 36 heavy (non-hydrogen) atoms. The number of hydrogen-bond acceptors (Lipinski definition) is 8. The first-order chi connectivity index (χ1) is 17.5. The predicted octanol–water partition coefficient (Wildman–Crippen LogP) is 1.19. The fraction of sp³-hybridized carbons (Fsp3) is 0.583. The van der Waals surface area contributed by atoms with E-state index in [4.69, 9.17) is 19.8 Å². The van der Waals surface area contributed by atoms with Crippen molar-refractivity contribution in [3.8, 4) is 0 Å². The zero-order chi connectivity index (χ0) is 26.2. The van der Waals surface area contributed by atoms with Gasteiger partial charge in [0.1, 0.15) is 6.54 Å². The Kier molecular flexibility index (Phi) is 12.5. The molecule has 1 saturated heterocycles. The van der Waals surface area contributed by atoms with Crippen molar-refractivity contribution >= 4 is 18.9 Å². The van der Waals surface area contributed by atoms with Gasteiger partial charge in [-0.15, -0.1) is 5.10 Å². The highest BCUT2D eigenvalue weighted by molar-refractivity contribution is 5.76. The average molecular weight is 504 g/mol. The summed E-state index contributed by atoms with van der Waals surface area (Å²) in [6, 6.07) is 10.4. The van der Waals surface area contributed by atoms with Crippen molar-refractivity contribution in [1.29, 1.82) is 0 Å². The third-order valence-electron chi connectivity index (χ3n) is 6.50. The summed E-state index contributed by atoms with van der Waals surface area (Å²) in [6.45, 7) is 3.99. The third kappa shape index (κ3) is 8.68. The molecule has 0 bridgehead atoms. The van der Waals surface area contributed by atoms with Gasteiger partial charge in [-0.3, -0.25) is 14.4 Å². The van der Waals surface area contributed by atoms with Crippen LogP contribution in [-0.2, 0) is 33.0 Å². The molecule has 1 saturated carbocycles. The van der Waals surface area contributed by atoms with E-state index in [-0.39, 0.29) is 30.9 Å². The van der Waals surface area contributed by atoms with Crippen LogP contribution < -0.4 is 5.32 Å². The maximum atomic E-state index is 13.0. The normalized spacial score (nSPS) is 17.4. The molecule has 1 aromatic heterocycles. The van der Waals surface area contributed by atoms with E-state index in [2.05, 4.69) is 57.1 Å². The molecule has 12 nitrogen and oxygen atoms in total. The number of amides is 1. The van der Waals surface area contributed by atoms with E-state index in [1.54, 1.807) is 4.68 Å². The maximum absolute atomic E-state index is 13.0. The third-order valence-corrected chi connectivity index (χ3v) is 6.50. The summed E-state index contributed by atoms with van der Waals surface area (Å²) in [7, 11) is 2.11. The molecule has 2 aromatic rings. The molecule has 1 amide bonds. The van der Waals surface area contributed by atoms with Crippen LogP contribution in [0.4, 0.5) is 0 Å². The summed E-state index contributed by atoms with van der Waals surface area (Å²) < 4.78 is 1.74. The first kappa shape index (κ1) is 28.9. The van der Waals surface area contributed by atoms with Crippen LogP contribution in [0.5, 0.6) is 0 Å². The largest absolute Gasteiger partial charge is 0.483 e. The molecule has 0 radical (unpaired) electrons. The van der Waals surface area contributed by atoms with E-state index in [0.717, 1.165) is 70.7 Å². The van der Waals surface area contributed by atoms with Crippen LogP contribution in [-0.4, -0.2) is 92.3 Å². The molecule has 0 spiro atoms. The Morgan fingerprint density at radius 3 is 2.33 bits per heavy atom. The number of rotatable bonds is 6. The summed E-state index contributed by atoms with van der Waals surface area (Å²) >= 11 is 0. The number of nitrogens with one attached hydrogen (secondary N) is 1. The number of tetrazole rings is 1. The Labute approximate surface area is 211 Å². The molecule has 0 unspecified atom stereocenters. The van der Waals surface area contributed by atoms with E-state index in [9.17, 15) is 4.79 Å².